The Kier molecular flexibility index (Phi) is 6.71. The number of hydrogen-bond donors (Lipinski definition) is 0. The first kappa shape index (κ1) is 22.8. The zero-order chi connectivity index (χ0) is 22.8. The fourth-order valence-electron chi connectivity index (χ4n) is 3.04. The van der Waals surface area contributed by atoms with Crippen molar-refractivity contribution in [3.8, 4) is 0 Å². The van der Waals surface area contributed by atoms with E-state index in [9.17, 15) is 18.0 Å². The van der Waals surface area contributed by atoms with Gasteiger partial charge in [-0.15, -0.1) is 0 Å². The molecule has 0 N–H and O–H groups in total. The minimum atomic E-state index is -4.44. The highest BCUT2D eigenvalue weighted by Crippen LogP contribution is 2.37. The van der Waals surface area contributed by atoms with Gasteiger partial charge in [0.05, 0.1) is 22.3 Å². The van der Waals surface area contributed by atoms with E-state index >= 15 is 0 Å². The van der Waals surface area contributed by atoms with Crippen LogP contribution < -0.4 is 0 Å². The lowest BCUT2D eigenvalue weighted by Gasteiger charge is -2.23. The summed E-state index contributed by atoms with van der Waals surface area (Å²) in [6.07, 6.45) is -3.16. The standard InChI is InChI=1S/C21H16Cl2F3N3O2/c1-3-20(30)31-28-12(2)29-19(13-4-6-14(7-5-13)21(24,25)26)11-18(27-29)16-9-8-15(22)10-17(16)23/h3-10,19H,1,11H2,2H3/b28-12-. The van der Waals surface area contributed by atoms with Crippen LogP contribution in [0.25, 0.3) is 0 Å². The molecule has 2 aromatic rings. The molecule has 162 valence electrons. The summed E-state index contributed by atoms with van der Waals surface area (Å²) in [5, 5.41) is 10.6. The molecule has 1 heterocycles. The number of alkyl halides is 3. The van der Waals surface area contributed by atoms with Crippen LogP contribution in [0.2, 0.25) is 10.0 Å². The van der Waals surface area contributed by atoms with Crippen molar-refractivity contribution in [3.05, 3.63) is 81.9 Å². The van der Waals surface area contributed by atoms with Crippen LogP contribution in [0, 0.1) is 0 Å². The smallest absolute Gasteiger partial charge is 0.312 e. The highest BCUT2D eigenvalue weighted by atomic mass is 35.5. The van der Waals surface area contributed by atoms with Crippen LogP contribution in [-0.2, 0) is 15.8 Å². The molecule has 5 nitrogen and oxygen atoms in total. The SMILES string of the molecule is C=CC(=O)O/N=C(/C)N1N=C(c2ccc(Cl)cc2Cl)CC1c1ccc(C(F)(F)F)cc1. The quantitative estimate of drug-likeness (QED) is 0.175. The summed E-state index contributed by atoms with van der Waals surface area (Å²) in [6.45, 7) is 4.85. The molecule has 0 spiro atoms. The summed E-state index contributed by atoms with van der Waals surface area (Å²) in [6, 6.07) is 9.22. The van der Waals surface area contributed by atoms with Gasteiger partial charge in [0.1, 0.15) is 0 Å². The predicted molar refractivity (Wildman–Crippen MR) is 113 cm³/mol. The second kappa shape index (κ2) is 9.11. The lowest BCUT2D eigenvalue weighted by atomic mass is 9.97. The largest absolute Gasteiger partial charge is 0.416 e. The number of carbonyl (C=O) groups excluding carboxylic acids is 1. The molecule has 0 bridgehead atoms. The van der Waals surface area contributed by atoms with Crippen molar-refractivity contribution in [3.63, 3.8) is 0 Å². The number of nitrogens with zero attached hydrogens (tertiary/aromatic N) is 3. The molecule has 0 radical (unpaired) electrons. The van der Waals surface area contributed by atoms with Crippen molar-refractivity contribution in [2.75, 3.05) is 0 Å². The van der Waals surface area contributed by atoms with E-state index in [-0.39, 0.29) is 5.84 Å². The zero-order valence-corrected chi connectivity index (χ0v) is 17.7. The minimum Gasteiger partial charge on any atom is -0.312 e. The molecule has 10 heteroatoms. The Morgan fingerprint density at radius 1 is 1.26 bits per heavy atom. The van der Waals surface area contributed by atoms with Gasteiger partial charge in [-0.05, 0) is 36.8 Å². The second-order valence-electron chi connectivity index (χ2n) is 6.61. The van der Waals surface area contributed by atoms with Gasteiger partial charge in [0.2, 0.25) is 0 Å². The first-order valence-electron chi connectivity index (χ1n) is 8.97. The fourth-order valence-corrected chi connectivity index (χ4v) is 3.56. The van der Waals surface area contributed by atoms with E-state index in [2.05, 4.69) is 16.8 Å². The molecule has 0 fully saturated rings. The molecule has 0 saturated heterocycles. The summed E-state index contributed by atoms with van der Waals surface area (Å²) in [4.78, 5) is 16.1. The molecular formula is C21H16Cl2F3N3O2. The van der Waals surface area contributed by atoms with Crippen LogP contribution in [0.3, 0.4) is 0 Å². The highest BCUT2D eigenvalue weighted by Gasteiger charge is 2.34. The second-order valence-corrected chi connectivity index (χ2v) is 7.45. The third-order valence-corrected chi connectivity index (χ3v) is 5.09. The molecule has 0 amide bonds. The van der Waals surface area contributed by atoms with Crippen molar-refractivity contribution in [1.29, 1.82) is 0 Å². The van der Waals surface area contributed by atoms with Gasteiger partial charge in [0.15, 0.2) is 5.84 Å². The summed E-state index contributed by atoms with van der Waals surface area (Å²) in [5.41, 5.74) is 1.02. The van der Waals surface area contributed by atoms with Crippen LogP contribution in [0.5, 0.6) is 0 Å². The Bertz CT molecular complexity index is 1070. The molecule has 1 atom stereocenters. The van der Waals surface area contributed by atoms with Gasteiger partial charge in [0.25, 0.3) is 0 Å². The maximum Gasteiger partial charge on any atom is 0.416 e. The van der Waals surface area contributed by atoms with Crippen LogP contribution in [0.15, 0.2) is 65.4 Å². The number of hydrazone groups is 1. The van der Waals surface area contributed by atoms with Crippen molar-refractivity contribution in [2.45, 2.75) is 25.6 Å². The van der Waals surface area contributed by atoms with Gasteiger partial charge in [-0.3, -0.25) is 0 Å². The van der Waals surface area contributed by atoms with Gasteiger partial charge in [-0.2, -0.15) is 18.3 Å². The number of amidine groups is 1. The van der Waals surface area contributed by atoms with E-state index in [1.54, 1.807) is 25.1 Å². The van der Waals surface area contributed by atoms with Gasteiger partial charge in [-0.25, -0.2) is 9.80 Å². The normalized spacial score (nSPS) is 16.8. The number of carbonyl (C=O) groups is 1. The monoisotopic (exact) mass is 469 g/mol. The van der Waals surface area contributed by atoms with E-state index in [1.807, 2.05) is 0 Å². The average molecular weight is 470 g/mol. The Morgan fingerprint density at radius 3 is 2.52 bits per heavy atom. The number of oxime groups is 1. The van der Waals surface area contributed by atoms with Gasteiger partial charge in [0, 0.05) is 23.1 Å². The number of halogens is 5. The molecule has 0 aliphatic carbocycles. The van der Waals surface area contributed by atoms with Gasteiger partial charge in [-0.1, -0.05) is 53.1 Å². The Morgan fingerprint density at radius 2 is 1.94 bits per heavy atom. The maximum atomic E-state index is 12.9. The van der Waals surface area contributed by atoms with Crippen molar-refractivity contribution >= 4 is 40.7 Å². The first-order valence-corrected chi connectivity index (χ1v) is 9.73. The lowest BCUT2D eigenvalue weighted by Crippen LogP contribution is -2.25. The Labute approximate surface area is 186 Å². The molecule has 1 aliphatic rings. The van der Waals surface area contributed by atoms with Crippen LogP contribution >= 0.6 is 23.2 Å². The van der Waals surface area contributed by atoms with Crippen LogP contribution in [-0.4, -0.2) is 22.5 Å². The molecule has 1 unspecified atom stereocenters. The first-order chi connectivity index (χ1) is 14.6. The fraction of sp³-hybridized carbons (Fsp3) is 0.190. The molecule has 2 aromatic carbocycles. The lowest BCUT2D eigenvalue weighted by molar-refractivity contribution is -0.138. The number of rotatable bonds is 4. The van der Waals surface area contributed by atoms with Gasteiger partial charge >= 0.3 is 12.1 Å². The van der Waals surface area contributed by atoms with Crippen molar-refractivity contribution in [1.82, 2.24) is 5.01 Å². The summed E-state index contributed by atoms with van der Waals surface area (Å²) in [5.74, 6) is -0.533. The van der Waals surface area contributed by atoms with E-state index in [4.69, 9.17) is 28.0 Å². The zero-order valence-electron chi connectivity index (χ0n) is 16.2. The molecular weight excluding hydrogens is 454 g/mol. The van der Waals surface area contributed by atoms with E-state index in [0.29, 0.717) is 33.3 Å². The number of hydrogen-bond acceptors (Lipinski definition) is 4. The molecule has 1 aliphatic heterocycles. The number of benzene rings is 2. The minimum absolute atomic E-state index is 0.222. The Balaban J connectivity index is 1.98. The maximum absolute atomic E-state index is 12.9. The highest BCUT2D eigenvalue weighted by molar-refractivity contribution is 6.37. The van der Waals surface area contributed by atoms with Gasteiger partial charge < -0.3 is 4.84 Å². The third-order valence-electron chi connectivity index (χ3n) is 4.54. The van der Waals surface area contributed by atoms with E-state index in [1.165, 1.54) is 17.1 Å². The van der Waals surface area contributed by atoms with E-state index in [0.717, 1.165) is 18.2 Å². The van der Waals surface area contributed by atoms with Crippen LogP contribution in [0.1, 0.15) is 36.1 Å². The Hall–Kier alpha value is -2.84. The molecule has 0 aromatic heterocycles. The topological polar surface area (TPSA) is 54.3 Å². The molecule has 31 heavy (non-hydrogen) atoms. The summed E-state index contributed by atoms with van der Waals surface area (Å²) < 4.78 is 38.8. The van der Waals surface area contributed by atoms with Crippen LogP contribution in [0.4, 0.5) is 13.2 Å². The summed E-state index contributed by atoms with van der Waals surface area (Å²) in [7, 11) is 0. The van der Waals surface area contributed by atoms with Crippen molar-refractivity contribution in [2.24, 2.45) is 10.3 Å². The average Bonchev–Trinajstić information content (AvgIpc) is 3.16. The predicted octanol–water partition coefficient (Wildman–Crippen LogP) is 6.23. The third kappa shape index (κ3) is 5.26. The molecule has 0 saturated carbocycles. The summed E-state index contributed by atoms with van der Waals surface area (Å²) >= 11 is 12.3. The molecule has 3 rings (SSSR count). The van der Waals surface area contributed by atoms with Crippen molar-refractivity contribution < 1.29 is 22.8 Å². The van der Waals surface area contributed by atoms with E-state index < -0.39 is 23.8 Å².